The minimum absolute atomic E-state index is 0.251. The van der Waals surface area contributed by atoms with Crippen molar-refractivity contribution in [1.29, 1.82) is 0 Å². The summed E-state index contributed by atoms with van der Waals surface area (Å²) in [6.45, 7) is 12.5. The maximum Gasteiger partial charge on any atom is 0.227 e. The van der Waals surface area contributed by atoms with Crippen LogP contribution in [0.2, 0.25) is 0 Å². The van der Waals surface area contributed by atoms with Gasteiger partial charge in [0, 0.05) is 68.5 Å². The van der Waals surface area contributed by atoms with Crippen LogP contribution in [0.4, 0.5) is 21.7 Å². The first-order valence-electron chi connectivity index (χ1n) is 12.9. The smallest absolute Gasteiger partial charge is 0.227 e. The van der Waals surface area contributed by atoms with E-state index in [2.05, 4.69) is 51.3 Å². The molecule has 4 N–H and O–H groups in total. The fraction of sp³-hybridized carbons (Fsp3) is 0.556. The predicted octanol–water partition coefficient (Wildman–Crippen LogP) is 3.90. The van der Waals surface area contributed by atoms with Gasteiger partial charge in [-0.25, -0.2) is 14.4 Å². The molecule has 0 amide bonds. The molecule has 1 aliphatic rings. The van der Waals surface area contributed by atoms with Gasteiger partial charge in [0.25, 0.3) is 0 Å². The SMILES string of the molecule is CCOCCN(C)C1CCN(c2ccc(Nc3ncc(C)c(/C(=C/NC(C)C)CN)n3)cc2F)CC1. The Morgan fingerprint density at radius 3 is 2.72 bits per heavy atom. The lowest BCUT2D eigenvalue weighted by Crippen LogP contribution is -2.44. The van der Waals surface area contributed by atoms with E-state index in [1.54, 1.807) is 6.20 Å². The maximum atomic E-state index is 15.1. The van der Waals surface area contributed by atoms with E-state index in [1.165, 1.54) is 6.07 Å². The van der Waals surface area contributed by atoms with Crippen molar-refractivity contribution in [2.45, 2.75) is 52.6 Å². The largest absolute Gasteiger partial charge is 0.388 e. The minimum Gasteiger partial charge on any atom is -0.388 e. The number of benzene rings is 1. The highest BCUT2D eigenvalue weighted by atomic mass is 19.1. The second-order valence-electron chi connectivity index (χ2n) is 9.61. The number of rotatable bonds is 12. The molecule has 2 aromatic rings. The van der Waals surface area contributed by atoms with Gasteiger partial charge in [0.15, 0.2) is 0 Å². The number of anilines is 3. The Morgan fingerprint density at radius 2 is 2.08 bits per heavy atom. The van der Waals surface area contributed by atoms with E-state index in [1.807, 2.05) is 32.2 Å². The van der Waals surface area contributed by atoms with Gasteiger partial charge in [0.05, 0.1) is 18.0 Å². The zero-order chi connectivity index (χ0) is 26.1. The van der Waals surface area contributed by atoms with Gasteiger partial charge < -0.3 is 30.9 Å². The first kappa shape index (κ1) is 27.8. The van der Waals surface area contributed by atoms with Crippen molar-refractivity contribution >= 4 is 22.9 Å². The molecule has 2 heterocycles. The lowest BCUT2D eigenvalue weighted by molar-refractivity contribution is 0.101. The molecule has 0 radical (unpaired) electrons. The normalized spacial score (nSPS) is 15.1. The van der Waals surface area contributed by atoms with E-state index >= 15 is 4.39 Å². The summed E-state index contributed by atoms with van der Waals surface area (Å²) in [7, 11) is 2.14. The van der Waals surface area contributed by atoms with Crippen molar-refractivity contribution in [1.82, 2.24) is 20.2 Å². The van der Waals surface area contributed by atoms with Crippen molar-refractivity contribution in [3.63, 3.8) is 0 Å². The Labute approximate surface area is 215 Å². The zero-order valence-electron chi connectivity index (χ0n) is 22.4. The third kappa shape index (κ3) is 7.62. The molecule has 1 aliphatic heterocycles. The molecular formula is C27H42FN7O. The Balaban J connectivity index is 1.64. The standard InChI is InChI=1S/C27H42FN7O/c1-6-36-14-13-34(5)23-9-11-35(12-10-23)25-8-7-22(15-24(25)28)32-27-31-17-20(4)26(33-27)21(16-29)18-30-19(2)3/h7-8,15,17-19,23,30H,6,9-14,16,29H2,1-5H3,(H,31,32,33)/b21-18+. The molecule has 0 spiro atoms. The molecule has 198 valence electrons. The van der Waals surface area contributed by atoms with E-state index in [9.17, 15) is 0 Å². The number of nitrogens with one attached hydrogen (secondary N) is 2. The third-order valence-corrected chi connectivity index (χ3v) is 6.51. The average Bonchev–Trinajstić information content (AvgIpc) is 2.86. The maximum absolute atomic E-state index is 15.1. The Bertz CT molecular complexity index is 1010. The number of halogens is 1. The van der Waals surface area contributed by atoms with Gasteiger partial charge in [-0.3, -0.25) is 0 Å². The fourth-order valence-electron chi connectivity index (χ4n) is 4.37. The van der Waals surface area contributed by atoms with Crippen LogP contribution in [0.1, 0.15) is 44.9 Å². The number of aryl methyl sites for hydroxylation is 1. The van der Waals surface area contributed by atoms with Crippen LogP contribution in [0.25, 0.3) is 5.57 Å². The van der Waals surface area contributed by atoms with Crippen LogP contribution in [0, 0.1) is 12.7 Å². The average molecular weight is 500 g/mol. The number of nitrogens with zero attached hydrogens (tertiary/aromatic N) is 4. The van der Waals surface area contributed by atoms with Crippen molar-refractivity contribution in [3.05, 3.63) is 47.7 Å². The lowest BCUT2D eigenvalue weighted by Gasteiger charge is -2.38. The summed E-state index contributed by atoms with van der Waals surface area (Å²) in [5.74, 6) is 0.154. The quantitative estimate of drug-likeness (QED) is 0.379. The van der Waals surface area contributed by atoms with Crippen molar-refractivity contribution in [3.8, 4) is 0 Å². The molecule has 0 unspecified atom stereocenters. The second-order valence-corrected chi connectivity index (χ2v) is 9.61. The van der Waals surface area contributed by atoms with Crippen LogP contribution in [-0.4, -0.2) is 73.4 Å². The molecule has 8 nitrogen and oxygen atoms in total. The summed E-state index contributed by atoms with van der Waals surface area (Å²) in [6, 6.07) is 6.02. The number of nitrogens with two attached hydrogens (primary N) is 1. The van der Waals surface area contributed by atoms with Gasteiger partial charge in [-0.15, -0.1) is 0 Å². The Morgan fingerprint density at radius 1 is 1.33 bits per heavy atom. The molecule has 1 saturated heterocycles. The van der Waals surface area contributed by atoms with Gasteiger partial charge in [-0.1, -0.05) is 0 Å². The van der Waals surface area contributed by atoms with Crippen LogP contribution in [0.15, 0.2) is 30.6 Å². The molecule has 0 atom stereocenters. The van der Waals surface area contributed by atoms with E-state index in [4.69, 9.17) is 10.5 Å². The molecule has 0 bridgehead atoms. The Hall–Kier alpha value is -2.75. The summed E-state index contributed by atoms with van der Waals surface area (Å²) in [6.07, 6.45) is 5.66. The zero-order valence-corrected chi connectivity index (χ0v) is 22.4. The van der Waals surface area contributed by atoms with Gasteiger partial charge in [-0.2, -0.15) is 0 Å². The van der Waals surface area contributed by atoms with Gasteiger partial charge in [0.1, 0.15) is 5.82 Å². The number of hydrogen-bond donors (Lipinski definition) is 3. The number of likely N-dealkylation sites (N-methyl/N-ethyl adjacent to an activating group) is 1. The summed E-state index contributed by atoms with van der Waals surface area (Å²) in [5, 5.41) is 6.42. The number of piperidine rings is 1. The molecule has 0 aliphatic carbocycles. The van der Waals surface area contributed by atoms with E-state index < -0.39 is 0 Å². The topological polar surface area (TPSA) is 91.6 Å². The monoisotopic (exact) mass is 499 g/mol. The van der Waals surface area contributed by atoms with Crippen LogP contribution in [-0.2, 0) is 4.74 Å². The first-order valence-corrected chi connectivity index (χ1v) is 12.9. The molecule has 3 rings (SSSR count). The second kappa shape index (κ2) is 13.5. The van der Waals surface area contributed by atoms with Gasteiger partial charge >= 0.3 is 0 Å². The minimum atomic E-state index is -0.251. The summed E-state index contributed by atoms with van der Waals surface area (Å²) in [5.41, 5.74) is 9.80. The number of hydrogen-bond acceptors (Lipinski definition) is 8. The molecule has 36 heavy (non-hydrogen) atoms. The van der Waals surface area contributed by atoms with Crippen molar-refractivity contribution < 1.29 is 9.13 Å². The highest BCUT2D eigenvalue weighted by Gasteiger charge is 2.24. The van der Waals surface area contributed by atoms with E-state index in [-0.39, 0.29) is 5.82 Å². The van der Waals surface area contributed by atoms with Gasteiger partial charge in [-0.05, 0) is 71.3 Å². The molecular weight excluding hydrogens is 457 g/mol. The molecule has 0 saturated carbocycles. The van der Waals surface area contributed by atoms with Crippen LogP contribution in [0.3, 0.4) is 0 Å². The molecule has 1 fully saturated rings. The molecule has 1 aromatic heterocycles. The number of aromatic nitrogens is 2. The first-order chi connectivity index (χ1) is 17.3. The summed E-state index contributed by atoms with van der Waals surface area (Å²) in [4.78, 5) is 13.5. The highest BCUT2D eigenvalue weighted by molar-refractivity contribution is 5.68. The summed E-state index contributed by atoms with van der Waals surface area (Å²) < 4.78 is 20.6. The molecule has 9 heteroatoms. The lowest BCUT2D eigenvalue weighted by atomic mass is 10.0. The van der Waals surface area contributed by atoms with Crippen LogP contribution in [0.5, 0.6) is 0 Å². The van der Waals surface area contributed by atoms with Crippen LogP contribution < -0.4 is 21.3 Å². The molecule has 1 aromatic carbocycles. The van der Waals surface area contributed by atoms with E-state index in [0.717, 1.165) is 62.5 Å². The van der Waals surface area contributed by atoms with E-state index in [0.29, 0.717) is 36.0 Å². The fourth-order valence-corrected chi connectivity index (χ4v) is 4.37. The van der Waals surface area contributed by atoms with Crippen molar-refractivity contribution in [2.24, 2.45) is 5.73 Å². The number of ether oxygens (including phenoxy) is 1. The van der Waals surface area contributed by atoms with Crippen LogP contribution >= 0.6 is 0 Å². The highest BCUT2D eigenvalue weighted by Crippen LogP contribution is 2.28. The Kier molecular flexibility index (Phi) is 10.5. The predicted molar refractivity (Wildman–Crippen MR) is 146 cm³/mol. The summed E-state index contributed by atoms with van der Waals surface area (Å²) >= 11 is 0. The van der Waals surface area contributed by atoms with Crippen molar-refractivity contribution in [2.75, 3.05) is 56.7 Å². The van der Waals surface area contributed by atoms with Gasteiger partial charge in [0.2, 0.25) is 5.95 Å². The third-order valence-electron chi connectivity index (χ3n) is 6.51.